The van der Waals surface area contributed by atoms with Crippen LogP contribution in [0.5, 0.6) is 0 Å². The van der Waals surface area contributed by atoms with E-state index in [2.05, 4.69) is 11.8 Å². The molecule has 2 fully saturated rings. The highest BCUT2D eigenvalue weighted by atomic mass is 16.2. The first-order valence-corrected chi connectivity index (χ1v) is 12.8. The third-order valence-corrected chi connectivity index (χ3v) is 7.29. The second-order valence-corrected chi connectivity index (χ2v) is 9.90. The standard InChI is InChI=1S/C28H31N7O/c1-19-17-35-26(31-27(19)33-15-13-21(29)18-33)16-24(32-35)25-12-5-6-14-34(25)28(36)23-11-7-10-22(30-23)20-8-3-2-4-9-20/h2-4,7-11,16-17,21,25H,5-6,12-15,18,29H2,1H3. The molecule has 2 aliphatic heterocycles. The Kier molecular flexibility index (Phi) is 5.89. The molecule has 0 bridgehead atoms. The van der Waals surface area contributed by atoms with Gasteiger partial charge in [-0.3, -0.25) is 4.79 Å². The number of aromatic nitrogens is 4. The Morgan fingerprint density at radius 1 is 1.00 bits per heavy atom. The number of amides is 1. The van der Waals surface area contributed by atoms with Gasteiger partial charge in [-0.1, -0.05) is 36.4 Å². The number of likely N-dealkylation sites (tertiary alicyclic amines) is 1. The normalized spacial score (nSPS) is 20.3. The average molecular weight is 482 g/mol. The van der Waals surface area contributed by atoms with E-state index in [-0.39, 0.29) is 18.0 Å². The van der Waals surface area contributed by atoms with Crippen molar-refractivity contribution in [1.29, 1.82) is 0 Å². The number of fused-ring (bicyclic) bond motifs is 1. The first kappa shape index (κ1) is 22.7. The number of hydrogen-bond donors (Lipinski definition) is 1. The lowest BCUT2D eigenvalue weighted by Gasteiger charge is -2.34. The molecule has 5 heterocycles. The minimum absolute atomic E-state index is 0.0505. The Morgan fingerprint density at radius 2 is 1.86 bits per heavy atom. The van der Waals surface area contributed by atoms with Gasteiger partial charge in [-0.2, -0.15) is 5.10 Å². The summed E-state index contributed by atoms with van der Waals surface area (Å²) < 4.78 is 1.84. The van der Waals surface area contributed by atoms with Crippen molar-refractivity contribution in [2.45, 2.75) is 44.7 Å². The molecule has 2 N–H and O–H groups in total. The zero-order chi connectivity index (χ0) is 24.6. The molecule has 6 rings (SSSR count). The van der Waals surface area contributed by atoms with E-state index >= 15 is 0 Å². The van der Waals surface area contributed by atoms with Gasteiger partial charge in [0.2, 0.25) is 0 Å². The molecule has 36 heavy (non-hydrogen) atoms. The summed E-state index contributed by atoms with van der Waals surface area (Å²) in [6.45, 7) is 4.50. The highest BCUT2D eigenvalue weighted by molar-refractivity contribution is 5.93. The molecular weight excluding hydrogens is 450 g/mol. The largest absolute Gasteiger partial charge is 0.355 e. The maximum atomic E-state index is 13.7. The van der Waals surface area contributed by atoms with Crippen molar-refractivity contribution < 1.29 is 4.79 Å². The summed E-state index contributed by atoms with van der Waals surface area (Å²) in [5.41, 5.74) is 11.2. The van der Waals surface area contributed by atoms with Crippen LogP contribution in [0.2, 0.25) is 0 Å². The number of hydrogen-bond acceptors (Lipinski definition) is 6. The fraction of sp³-hybridized carbons (Fsp3) is 0.357. The number of piperidine rings is 1. The van der Waals surface area contributed by atoms with E-state index < -0.39 is 0 Å². The van der Waals surface area contributed by atoms with Gasteiger partial charge < -0.3 is 15.5 Å². The van der Waals surface area contributed by atoms with E-state index in [0.29, 0.717) is 12.2 Å². The van der Waals surface area contributed by atoms with Crippen molar-refractivity contribution in [3.05, 3.63) is 77.7 Å². The molecule has 1 amide bonds. The van der Waals surface area contributed by atoms with Crippen molar-refractivity contribution in [3.8, 4) is 11.3 Å². The number of carbonyl (C=O) groups is 1. The van der Waals surface area contributed by atoms with E-state index in [1.807, 2.05) is 70.2 Å². The lowest BCUT2D eigenvalue weighted by atomic mass is 9.98. The van der Waals surface area contributed by atoms with Crippen molar-refractivity contribution in [2.24, 2.45) is 5.73 Å². The predicted molar refractivity (Wildman–Crippen MR) is 140 cm³/mol. The number of pyridine rings is 1. The number of nitrogens with zero attached hydrogens (tertiary/aromatic N) is 6. The zero-order valence-electron chi connectivity index (χ0n) is 20.5. The summed E-state index contributed by atoms with van der Waals surface area (Å²) in [5, 5.41) is 4.87. The second-order valence-electron chi connectivity index (χ2n) is 9.90. The number of carbonyl (C=O) groups excluding carboxylic acids is 1. The Bertz CT molecular complexity index is 1400. The van der Waals surface area contributed by atoms with Gasteiger partial charge in [0.1, 0.15) is 11.5 Å². The van der Waals surface area contributed by atoms with Crippen molar-refractivity contribution in [2.75, 3.05) is 24.5 Å². The van der Waals surface area contributed by atoms with Crippen LogP contribution in [-0.4, -0.2) is 56.1 Å². The zero-order valence-corrected chi connectivity index (χ0v) is 20.5. The van der Waals surface area contributed by atoms with Crippen LogP contribution >= 0.6 is 0 Å². The highest BCUT2D eigenvalue weighted by Crippen LogP contribution is 2.33. The summed E-state index contributed by atoms with van der Waals surface area (Å²) in [7, 11) is 0. The summed E-state index contributed by atoms with van der Waals surface area (Å²) in [6, 6.07) is 17.7. The topological polar surface area (TPSA) is 92.6 Å². The van der Waals surface area contributed by atoms with Crippen molar-refractivity contribution >= 4 is 17.4 Å². The molecule has 184 valence electrons. The molecule has 2 aliphatic rings. The van der Waals surface area contributed by atoms with Crippen LogP contribution in [0.15, 0.2) is 60.8 Å². The van der Waals surface area contributed by atoms with Gasteiger partial charge in [-0.05, 0) is 44.7 Å². The van der Waals surface area contributed by atoms with E-state index in [1.165, 1.54) is 0 Å². The Morgan fingerprint density at radius 3 is 2.67 bits per heavy atom. The van der Waals surface area contributed by atoms with E-state index in [1.54, 1.807) is 0 Å². The van der Waals surface area contributed by atoms with Crippen LogP contribution in [0.25, 0.3) is 16.9 Å². The molecule has 1 aromatic carbocycles. The van der Waals surface area contributed by atoms with Crippen molar-refractivity contribution in [1.82, 2.24) is 24.5 Å². The molecule has 2 atom stereocenters. The molecule has 8 nitrogen and oxygen atoms in total. The van der Waals surface area contributed by atoms with Crippen LogP contribution in [0.3, 0.4) is 0 Å². The number of aryl methyl sites for hydroxylation is 1. The van der Waals surface area contributed by atoms with E-state index in [9.17, 15) is 4.79 Å². The fourth-order valence-corrected chi connectivity index (χ4v) is 5.43. The lowest BCUT2D eigenvalue weighted by molar-refractivity contribution is 0.0599. The molecule has 0 saturated carbocycles. The first-order chi connectivity index (χ1) is 17.6. The molecule has 0 aliphatic carbocycles. The summed E-state index contributed by atoms with van der Waals surface area (Å²) in [4.78, 5) is 27.5. The third-order valence-electron chi connectivity index (χ3n) is 7.29. The second kappa shape index (κ2) is 9.35. The molecule has 3 aromatic heterocycles. The van der Waals surface area contributed by atoms with Gasteiger partial charge in [-0.15, -0.1) is 0 Å². The Hall–Kier alpha value is -3.78. The maximum absolute atomic E-state index is 13.7. The Labute approximate surface area is 210 Å². The third kappa shape index (κ3) is 4.22. The average Bonchev–Trinajstić information content (AvgIpc) is 3.54. The quantitative estimate of drug-likeness (QED) is 0.474. The van der Waals surface area contributed by atoms with E-state index in [0.717, 1.165) is 72.8 Å². The first-order valence-electron chi connectivity index (χ1n) is 12.8. The predicted octanol–water partition coefficient (Wildman–Crippen LogP) is 4.00. The maximum Gasteiger partial charge on any atom is 0.273 e. The van der Waals surface area contributed by atoms with Gasteiger partial charge >= 0.3 is 0 Å². The Balaban J connectivity index is 1.30. The van der Waals surface area contributed by atoms with Gasteiger partial charge in [0, 0.05) is 49.1 Å². The highest BCUT2D eigenvalue weighted by Gasteiger charge is 2.32. The fourth-order valence-electron chi connectivity index (χ4n) is 5.43. The van der Waals surface area contributed by atoms with Crippen LogP contribution < -0.4 is 10.6 Å². The molecule has 0 spiro atoms. The van der Waals surface area contributed by atoms with Crippen LogP contribution in [0, 0.1) is 6.92 Å². The minimum Gasteiger partial charge on any atom is -0.355 e. The van der Waals surface area contributed by atoms with Crippen LogP contribution in [-0.2, 0) is 0 Å². The molecule has 0 radical (unpaired) electrons. The number of nitrogens with two attached hydrogens (primary N) is 1. The van der Waals surface area contributed by atoms with E-state index in [4.69, 9.17) is 20.8 Å². The smallest absolute Gasteiger partial charge is 0.273 e. The minimum atomic E-state index is -0.0981. The van der Waals surface area contributed by atoms with Crippen molar-refractivity contribution in [3.63, 3.8) is 0 Å². The monoisotopic (exact) mass is 481 g/mol. The van der Waals surface area contributed by atoms with Crippen LogP contribution in [0.1, 0.15) is 53.5 Å². The van der Waals surface area contributed by atoms with Crippen LogP contribution in [0.4, 0.5) is 5.82 Å². The summed E-state index contributed by atoms with van der Waals surface area (Å²) >= 11 is 0. The van der Waals surface area contributed by atoms with Gasteiger partial charge in [-0.25, -0.2) is 14.5 Å². The number of benzene rings is 1. The molecule has 4 aromatic rings. The summed E-state index contributed by atoms with van der Waals surface area (Å²) in [6.07, 6.45) is 5.93. The number of rotatable bonds is 4. The van der Waals surface area contributed by atoms with Gasteiger partial charge in [0.25, 0.3) is 5.91 Å². The molecule has 2 saturated heterocycles. The summed E-state index contributed by atoms with van der Waals surface area (Å²) in [5.74, 6) is 0.922. The SMILES string of the molecule is Cc1cn2nc(C3CCCCN3C(=O)c3cccc(-c4ccccc4)n3)cc2nc1N1CCC(N)C1. The molecular formula is C28H31N7O. The number of anilines is 1. The molecule has 8 heteroatoms. The van der Waals surface area contributed by atoms with Gasteiger partial charge in [0.15, 0.2) is 5.65 Å². The molecule has 2 unspecified atom stereocenters. The lowest BCUT2D eigenvalue weighted by Crippen LogP contribution is -2.39. The van der Waals surface area contributed by atoms with Gasteiger partial charge in [0.05, 0.1) is 17.4 Å².